The number of aliphatic carboxylic acids is 1. The minimum atomic E-state index is -4.81. The van der Waals surface area contributed by atoms with E-state index in [4.69, 9.17) is 0 Å². The van der Waals surface area contributed by atoms with Crippen molar-refractivity contribution in [3.8, 4) is 0 Å². The van der Waals surface area contributed by atoms with Gasteiger partial charge in [-0.25, -0.2) is 15.2 Å². The molecule has 28 heavy (non-hydrogen) atoms. The smallest absolute Gasteiger partial charge is 0.394 e. The van der Waals surface area contributed by atoms with E-state index in [1.54, 1.807) is 0 Å². The molecule has 0 radical (unpaired) electrons. The van der Waals surface area contributed by atoms with E-state index in [-0.39, 0.29) is 6.17 Å². The number of amides is 1. The first-order valence-electron chi connectivity index (χ1n) is 9.36. The fraction of sp³-hybridized carbons (Fsp3) is 0.875. The predicted molar refractivity (Wildman–Crippen MR) is 89.4 cm³/mol. The molecule has 6 atom stereocenters. The molecule has 2 heterocycles. The van der Waals surface area contributed by atoms with Crippen molar-refractivity contribution in [2.75, 3.05) is 19.8 Å². The number of carbonyl (C=O) groups excluding carboxylic acids is 1. The van der Waals surface area contributed by atoms with Crippen LogP contribution in [0.4, 0.5) is 17.6 Å². The average Bonchev–Trinajstić information content (AvgIpc) is 3.15. The van der Waals surface area contributed by atoms with Crippen LogP contribution in [0, 0.1) is 11.8 Å². The molecule has 1 aliphatic carbocycles. The minimum Gasteiger partial charge on any atom is -0.481 e. The van der Waals surface area contributed by atoms with Crippen LogP contribution < -0.4 is 21.5 Å². The summed E-state index contributed by atoms with van der Waals surface area (Å²) in [5.41, 5.74) is 5.91. The topological polar surface area (TPSA) is 106 Å². The summed E-state index contributed by atoms with van der Waals surface area (Å²) in [7, 11) is 0. The zero-order chi connectivity index (χ0) is 20.5. The first kappa shape index (κ1) is 21.2. The molecule has 0 aromatic carbocycles. The molecule has 2 aliphatic heterocycles. The number of carboxylic acids is 1. The summed E-state index contributed by atoms with van der Waals surface area (Å²) >= 11 is 0. The van der Waals surface area contributed by atoms with Crippen LogP contribution in [-0.2, 0) is 9.59 Å². The maximum absolute atomic E-state index is 14.0. The van der Waals surface area contributed by atoms with Gasteiger partial charge in [-0.15, -0.1) is 0 Å². The van der Waals surface area contributed by atoms with Crippen molar-refractivity contribution in [1.82, 2.24) is 26.4 Å². The van der Waals surface area contributed by atoms with Gasteiger partial charge in [-0.3, -0.25) is 14.5 Å². The Balaban J connectivity index is 1.56. The Morgan fingerprint density at radius 3 is 2.43 bits per heavy atom. The Morgan fingerprint density at radius 1 is 1.14 bits per heavy atom. The third-order valence-corrected chi connectivity index (χ3v) is 5.78. The maximum Gasteiger partial charge on any atom is 0.394 e. The van der Waals surface area contributed by atoms with Crippen LogP contribution in [0.25, 0.3) is 0 Å². The highest BCUT2D eigenvalue weighted by Crippen LogP contribution is 2.42. The molecule has 0 aromatic rings. The Morgan fingerprint density at radius 2 is 1.89 bits per heavy atom. The van der Waals surface area contributed by atoms with Gasteiger partial charge in [-0.1, -0.05) is 0 Å². The van der Waals surface area contributed by atoms with Crippen LogP contribution >= 0.6 is 0 Å². The molecule has 6 unspecified atom stereocenters. The Hall–Kier alpha value is -1.50. The third-order valence-electron chi connectivity index (χ3n) is 5.78. The lowest BCUT2D eigenvalue weighted by atomic mass is 9.76. The lowest BCUT2D eigenvalue weighted by molar-refractivity contribution is -0.205. The molecule has 1 saturated carbocycles. The number of hydrazine groups is 1. The van der Waals surface area contributed by atoms with Crippen molar-refractivity contribution >= 4 is 11.9 Å². The zero-order valence-electron chi connectivity index (χ0n) is 15.1. The van der Waals surface area contributed by atoms with Gasteiger partial charge < -0.3 is 15.7 Å². The summed E-state index contributed by atoms with van der Waals surface area (Å²) < 4.78 is 52.8. The molecule has 0 spiro atoms. The van der Waals surface area contributed by atoms with E-state index in [2.05, 4.69) is 26.4 Å². The molecule has 0 bridgehead atoms. The second-order valence-electron chi connectivity index (χ2n) is 7.60. The number of nitrogens with one attached hydrogen (secondary N) is 4. The number of rotatable bonds is 4. The molecule has 3 fully saturated rings. The summed E-state index contributed by atoms with van der Waals surface area (Å²) in [6.45, 7) is 2.48. The Labute approximate surface area is 159 Å². The van der Waals surface area contributed by atoms with Crippen LogP contribution in [0.15, 0.2) is 0 Å². The van der Waals surface area contributed by atoms with Gasteiger partial charge in [-0.2, -0.15) is 13.2 Å². The molecule has 3 aliphatic rings. The fourth-order valence-electron chi connectivity index (χ4n) is 4.14. The van der Waals surface area contributed by atoms with Gasteiger partial charge in [0.05, 0.1) is 18.0 Å². The monoisotopic (exact) mass is 411 g/mol. The molecule has 5 N–H and O–H groups in total. The first-order chi connectivity index (χ1) is 13.2. The lowest BCUT2D eigenvalue weighted by Gasteiger charge is -2.39. The lowest BCUT2D eigenvalue weighted by Crippen LogP contribution is -2.63. The van der Waals surface area contributed by atoms with E-state index in [9.17, 15) is 32.3 Å². The van der Waals surface area contributed by atoms with Gasteiger partial charge >= 0.3 is 12.1 Å². The van der Waals surface area contributed by atoms with Crippen LogP contribution in [0.2, 0.25) is 0 Å². The van der Waals surface area contributed by atoms with E-state index < -0.39 is 61.0 Å². The minimum absolute atomic E-state index is 0.0447. The molecule has 12 heteroatoms. The van der Waals surface area contributed by atoms with Crippen molar-refractivity contribution in [2.45, 2.75) is 56.3 Å². The highest BCUT2D eigenvalue weighted by Gasteiger charge is 2.53. The van der Waals surface area contributed by atoms with Gasteiger partial charge in [0.25, 0.3) is 0 Å². The SMILES string of the molecule is O=C(NC1CC(F)C(C(F)(F)F)CC1C(=O)O)C1CCC(N2CCNC2)NN1. The van der Waals surface area contributed by atoms with Gasteiger partial charge in [-0.05, 0) is 19.3 Å². The molecule has 3 rings (SSSR count). The molecular weight excluding hydrogens is 386 g/mol. The van der Waals surface area contributed by atoms with Gasteiger partial charge in [0.15, 0.2) is 0 Å². The zero-order valence-corrected chi connectivity index (χ0v) is 15.1. The first-order valence-corrected chi connectivity index (χ1v) is 9.36. The van der Waals surface area contributed by atoms with Crippen LogP contribution in [0.3, 0.4) is 0 Å². The fourth-order valence-corrected chi connectivity index (χ4v) is 4.14. The molecular formula is C16H25F4N5O3. The van der Waals surface area contributed by atoms with E-state index in [0.717, 1.165) is 19.8 Å². The Bertz CT molecular complexity index is 579. The number of carbonyl (C=O) groups is 2. The standard InChI is InChI=1S/C16H25F4N5O3/c17-10-6-12(8(15(27)28)5-9(10)16(18,19)20)22-14(26)11-1-2-13(24-23-11)25-4-3-21-7-25/h8-13,21,23-24H,1-7H2,(H,22,26)(H,27,28). The van der Waals surface area contributed by atoms with E-state index in [1.165, 1.54) is 0 Å². The largest absolute Gasteiger partial charge is 0.481 e. The predicted octanol–water partition coefficient (Wildman–Crippen LogP) is -0.0722. The van der Waals surface area contributed by atoms with Crippen molar-refractivity contribution in [1.29, 1.82) is 0 Å². The quantitative estimate of drug-likeness (QED) is 0.413. The summed E-state index contributed by atoms with van der Waals surface area (Å²) in [5, 5.41) is 14.9. The molecule has 160 valence electrons. The maximum atomic E-state index is 14.0. The second kappa shape index (κ2) is 8.47. The highest BCUT2D eigenvalue weighted by molar-refractivity contribution is 5.83. The van der Waals surface area contributed by atoms with Gasteiger partial charge in [0.2, 0.25) is 5.91 Å². The Kier molecular flexibility index (Phi) is 6.42. The third kappa shape index (κ3) is 4.73. The second-order valence-corrected chi connectivity index (χ2v) is 7.60. The summed E-state index contributed by atoms with van der Waals surface area (Å²) in [6, 6.07) is -1.85. The van der Waals surface area contributed by atoms with Crippen molar-refractivity contribution in [3.05, 3.63) is 0 Å². The molecule has 2 saturated heterocycles. The van der Waals surface area contributed by atoms with Gasteiger partial charge in [0, 0.05) is 32.2 Å². The number of halogens is 4. The highest BCUT2D eigenvalue weighted by atomic mass is 19.4. The number of hydrogen-bond donors (Lipinski definition) is 5. The number of alkyl halides is 4. The van der Waals surface area contributed by atoms with Crippen molar-refractivity contribution < 1.29 is 32.3 Å². The van der Waals surface area contributed by atoms with Crippen LogP contribution in [0.1, 0.15) is 25.7 Å². The summed E-state index contributed by atoms with van der Waals surface area (Å²) in [6.07, 6.45) is -7.43. The van der Waals surface area contributed by atoms with E-state index in [1.807, 2.05) is 0 Å². The van der Waals surface area contributed by atoms with Gasteiger partial charge in [0.1, 0.15) is 12.2 Å². The van der Waals surface area contributed by atoms with Crippen LogP contribution in [0.5, 0.6) is 0 Å². The van der Waals surface area contributed by atoms with Crippen molar-refractivity contribution in [3.63, 3.8) is 0 Å². The van der Waals surface area contributed by atoms with Crippen LogP contribution in [-0.4, -0.2) is 72.2 Å². The molecule has 1 amide bonds. The number of hydrogen-bond acceptors (Lipinski definition) is 6. The van der Waals surface area contributed by atoms with E-state index in [0.29, 0.717) is 12.8 Å². The normalized spacial score (nSPS) is 37.6. The average molecular weight is 411 g/mol. The number of nitrogens with zero attached hydrogens (tertiary/aromatic N) is 1. The van der Waals surface area contributed by atoms with Crippen molar-refractivity contribution in [2.24, 2.45) is 11.8 Å². The summed E-state index contributed by atoms with van der Waals surface area (Å²) in [4.78, 5) is 26.0. The number of carboxylic acid groups (broad SMARTS) is 1. The summed E-state index contributed by atoms with van der Waals surface area (Å²) in [5.74, 6) is -5.82. The molecule has 0 aromatic heterocycles. The molecule has 8 nitrogen and oxygen atoms in total. The van der Waals surface area contributed by atoms with E-state index >= 15 is 0 Å².